The van der Waals surface area contributed by atoms with E-state index in [1.807, 2.05) is 6.07 Å². The van der Waals surface area contributed by atoms with Gasteiger partial charge in [-0.05, 0) is 42.7 Å². The van der Waals surface area contributed by atoms with Crippen LogP contribution in [-0.4, -0.2) is 93.4 Å². The molecule has 276 valence electrons. The van der Waals surface area contributed by atoms with Crippen LogP contribution in [0.2, 0.25) is 0 Å². The van der Waals surface area contributed by atoms with Crippen molar-refractivity contribution in [2.24, 2.45) is 10.7 Å². The maximum absolute atomic E-state index is 13.8. The van der Waals surface area contributed by atoms with Crippen molar-refractivity contribution in [2.45, 2.75) is 57.0 Å². The van der Waals surface area contributed by atoms with Gasteiger partial charge in [0.25, 0.3) is 6.29 Å². The third-order valence-electron chi connectivity index (χ3n) is 8.17. The molecule has 0 saturated heterocycles. The number of hydrogen-bond acceptors (Lipinski definition) is 10. The number of nitrogens with zero attached hydrogens (tertiary/aromatic N) is 2. The molecular weight excluding hydrogens is 691 g/mol. The normalized spacial score (nSPS) is 16.0. The number of rotatable bonds is 17. The van der Waals surface area contributed by atoms with E-state index >= 15 is 0 Å². The summed E-state index contributed by atoms with van der Waals surface area (Å²) in [4.78, 5) is 71.6. The second kappa shape index (κ2) is 18.6. The van der Waals surface area contributed by atoms with Gasteiger partial charge in [-0.3, -0.25) is 28.4 Å². The number of phenols is 1. The quantitative estimate of drug-likeness (QED) is 0.0901. The van der Waals surface area contributed by atoms with Crippen LogP contribution >= 0.6 is 0 Å². The highest BCUT2D eigenvalue weighted by molar-refractivity contribution is 7.84. The Balaban J connectivity index is 1.46. The Kier molecular flexibility index (Phi) is 14.0. The number of carbonyl (C=O) groups is 5. The van der Waals surface area contributed by atoms with Gasteiger partial charge in [0.15, 0.2) is 0 Å². The average molecular weight is 734 g/mol. The second-order valence-electron chi connectivity index (χ2n) is 12.4. The summed E-state index contributed by atoms with van der Waals surface area (Å²) in [5.74, 6) is -2.83. The number of ether oxygens (including phenoxy) is 2. The molecule has 3 aromatic carbocycles. The molecule has 0 fully saturated rings. The van der Waals surface area contributed by atoms with Crippen LogP contribution in [0, 0.1) is 0 Å². The highest BCUT2D eigenvalue weighted by atomic mass is 32.2. The minimum Gasteiger partial charge on any atom is -0.508 e. The number of phenolic OH excluding ortho intramolecular Hbond substituents is 1. The molecular formula is C37H43N5O9S. The van der Waals surface area contributed by atoms with Crippen molar-refractivity contribution in [1.82, 2.24) is 15.5 Å². The predicted octanol–water partition coefficient (Wildman–Crippen LogP) is 1.92. The monoisotopic (exact) mass is 733 g/mol. The number of nitrogens with two attached hydrogens (primary N) is 1. The van der Waals surface area contributed by atoms with Crippen molar-refractivity contribution in [3.8, 4) is 5.75 Å². The van der Waals surface area contributed by atoms with E-state index < -0.39 is 64.9 Å². The topological polar surface area (TPSA) is 207 Å². The zero-order valence-electron chi connectivity index (χ0n) is 29.2. The smallest absolute Gasteiger partial charge is 0.342 e. The van der Waals surface area contributed by atoms with E-state index in [0.717, 1.165) is 5.56 Å². The van der Waals surface area contributed by atoms with Crippen LogP contribution < -0.4 is 16.4 Å². The number of fused-ring (bicyclic) bond motifs is 1. The molecule has 3 aromatic rings. The minimum absolute atomic E-state index is 0.000726. The van der Waals surface area contributed by atoms with E-state index in [-0.39, 0.29) is 49.6 Å². The second-order valence-corrected chi connectivity index (χ2v) is 13.9. The van der Waals surface area contributed by atoms with E-state index in [9.17, 15) is 33.3 Å². The van der Waals surface area contributed by atoms with Gasteiger partial charge in [0.2, 0.25) is 17.7 Å². The van der Waals surface area contributed by atoms with E-state index in [1.165, 1.54) is 37.3 Å². The Morgan fingerprint density at radius 3 is 2.25 bits per heavy atom. The number of amidine groups is 1. The van der Waals surface area contributed by atoms with Crippen LogP contribution in [0.5, 0.6) is 5.75 Å². The predicted molar refractivity (Wildman–Crippen MR) is 193 cm³/mol. The molecule has 0 saturated carbocycles. The maximum Gasteiger partial charge on any atom is 0.342 e. The number of cyclic esters (lactones) is 1. The van der Waals surface area contributed by atoms with E-state index in [4.69, 9.17) is 15.2 Å². The van der Waals surface area contributed by atoms with Crippen molar-refractivity contribution < 1.29 is 42.8 Å². The number of benzene rings is 3. The molecule has 4 rings (SSSR count). The first-order valence-corrected chi connectivity index (χ1v) is 18.3. The van der Waals surface area contributed by atoms with E-state index in [2.05, 4.69) is 15.6 Å². The van der Waals surface area contributed by atoms with Gasteiger partial charge in [0, 0.05) is 54.8 Å². The number of aromatic hydroxyl groups is 1. The molecule has 0 spiro atoms. The van der Waals surface area contributed by atoms with Crippen molar-refractivity contribution in [1.29, 1.82) is 0 Å². The lowest BCUT2D eigenvalue weighted by atomic mass is 10.0. The first-order chi connectivity index (χ1) is 24.8. The Bertz CT molecular complexity index is 1800. The number of hydrogen-bond donors (Lipinski definition) is 4. The largest absolute Gasteiger partial charge is 0.508 e. The number of amides is 3. The van der Waals surface area contributed by atoms with Gasteiger partial charge in [-0.15, -0.1) is 0 Å². The van der Waals surface area contributed by atoms with Gasteiger partial charge in [0.05, 0.1) is 17.8 Å². The lowest BCUT2D eigenvalue weighted by molar-refractivity contribution is -0.168. The molecule has 1 heterocycles. The summed E-state index contributed by atoms with van der Waals surface area (Å²) < 4.78 is 22.6. The number of esters is 2. The highest BCUT2D eigenvalue weighted by Gasteiger charge is 2.34. The van der Waals surface area contributed by atoms with Gasteiger partial charge in [-0.2, -0.15) is 0 Å². The molecule has 3 amide bonds. The SMILES string of the molecule is CC(N)=N[C@@H](Cc1ccc(O)cc1)C(=O)N[C@H](CCS(C)=O)C(=O)N[C@@H](Cc1ccccc1)C(=O)N(C)CCC(=O)OC1OC(=O)c2ccccc21. The standard InChI is InChI=1S/C37H43N5O9S/c1-23(38)39-30(21-25-13-15-26(43)16-14-25)34(46)40-29(18-20-52(3)49)33(45)41-31(22-24-9-5-4-6-10-24)35(47)42(2)19-17-32(44)50-37-28-12-8-7-11-27(28)36(48)51-37/h4-16,29-31,37,43H,17-22H2,1-3H3,(H2,38,39)(H,40,46)(H,41,45)/t29-,30+,31+,37?,52?/m1/s1. The van der Waals surface area contributed by atoms with E-state index in [0.29, 0.717) is 16.7 Å². The van der Waals surface area contributed by atoms with Crippen molar-refractivity contribution >= 4 is 46.3 Å². The number of nitrogens with one attached hydrogen (secondary N) is 2. The van der Waals surface area contributed by atoms with E-state index in [1.54, 1.807) is 60.7 Å². The zero-order chi connectivity index (χ0) is 37.8. The Morgan fingerprint density at radius 2 is 1.58 bits per heavy atom. The molecule has 15 heteroatoms. The lowest BCUT2D eigenvalue weighted by Gasteiger charge is -2.27. The maximum atomic E-state index is 13.8. The van der Waals surface area contributed by atoms with Crippen molar-refractivity contribution in [2.75, 3.05) is 25.6 Å². The number of aliphatic imine (C=N–C) groups is 1. The molecule has 2 unspecified atom stereocenters. The molecule has 5 atom stereocenters. The van der Waals surface area contributed by atoms with Crippen LogP contribution in [0.3, 0.4) is 0 Å². The average Bonchev–Trinajstić information content (AvgIpc) is 3.43. The fourth-order valence-electron chi connectivity index (χ4n) is 5.45. The third-order valence-corrected chi connectivity index (χ3v) is 8.98. The highest BCUT2D eigenvalue weighted by Crippen LogP contribution is 2.31. The van der Waals surface area contributed by atoms with Crippen LogP contribution in [0.1, 0.15) is 53.1 Å². The molecule has 1 aliphatic heterocycles. The molecule has 52 heavy (non-hydrogen) atoms. The summed E-state index contributed by atoms with van der Waals surface area (Å²) in [6.45, 7) is 1.45. The number of carbonyl (C=O) groups excluding carboxylic acids is 5. The van der Waals surface area contributed by atoms with Gasteiger partial charge in [-0.1, -0.05) is 60.7 Å². The van der Waals surface area contributed by atoms with Crippen LogP contribution in [-0.2, 0) is 52.3 Å². The fourth-order valence-corrected chi connectivity index (χ4v) is 6.02. The minimum atomic E-state index is -1.30. The molecule has 0 radical (unpaired) electrons. The van der Waals surface area contributed by atoms with Crippen LogP contribution in [0.15, 0.2) is 83.9 Å². The fraction of sp³-hybridized carbons (Fsp3) is 0.351. The van der Waals surface area contributed by atoms with Crippen molar-refractivity contribution in [3.63, 3.8) is 0 Å². The van der Waals surface area contributed by atoms with Gasteiger partial charge in [0.1, 0.15) is 23.9 Å². The van der Waals surface area contributed by atoms with Gasteiger partial charge >= 0.3 is 11.9 Å². The molecule has 1 aliphatic rings. The van der Waals surface area contributed by atoms with Gasteiger partial charge in [-0.25, -0.2) is 4.79 Å². The summed E-state index contributed by atoms with van der Waals surface area (Å²) in [7, 11) is 0.173. The molecule has 0 aromatic heterocycles. The van der Waals surface area contributed by atoms with Crippen molar-refractivity contribution in [3.05, 3.63) is 101 Å². The lowest BCUT2D eigenvalue weighted by Crippen LogP contribution is -2.56. The summed E-state index contributed by atoms with van der Waals surface area (Å²) in [5, 5.41) is 15.1. The summed E-state index contributed by atoms with van der Waals surface area (Å²) >= 11 is 0. The first-order valence-electron chi connectivity index (χ1n) is 16.6. The molecule has 14 nitrogen and oxygen atoms in total. The van der Waals surface area contributed by atoms with Crippen LogP contribution in [0.25, 0.3) is 0 Å². The summed E-state index contributed by atoms with van der Waals surface area (Å²) in [6, 6.07) is 18.5. The summed E-state index contributed by atoms with van der Waals surface area (Å²) in [6.07, 6.45) is 0.272. The Hall–Kier alpha value is -5.57. The molecule has 0 bridgehead atoms. The summed E-state index contributed by atoms with van der Waals surface area (Å²) in [5.41, 5.74) is 8.00. The van der Waals surface area contributed by atoms with Gasteiger partial charge < -0.3 is 35.8 Å². The zero-order valence-corrected chi connectivity index (χ0v) is 30.0. The molecule has 0 aliphatic carbocycles. The Labute approximate surface area is 304 Å². The number of likely N-dealkylation sites (N-methyl/N-ethyl adjacent to an activating group) is 1. The van der Waals surface area contributed by atoms with Crippen LogP contribution in [0.4, 0.5) is 0 Å². The molecule has 5 N–H and O–H groups in total. The Morgan fingerprint density at radius 1 is 0.942 bits per heavy atom. The first kappa shape index (κ1) is 39.2. The third kappa shape index (κ3) is 11.5.